The Labute approximate surface area is 151 Å². The Kier molecular flexibility index (Phi) is 4.46. The number of aryl methyl sites for hydroxylation is 2. The molecule has 2 aromatic rings. The number of carbonyl (C=O) groups is 1. The SMILES string of the molecule is Nc1c(C(=O)[O-])sc2nc3c(cc12)CCCC3.[K+]. The third kappa shape index (κ3) is 2.37. The van der Waals surface area contributed by atoms with Gasteiger partial charge < -0.3 is 15.6 Å². The first-order valence-corrected chi connectivity index (χ1v) is 6.40. The summed E-state index contributed by atoms with van der Waals surface area (Å²) in [5, 5.41) is 11.7. The Morgan fingerprint density at radius 1 is 1.39 bits per heavy atom. The van der Waals surface area contributed by atoms with Gasteiger partial charge in [-0.2, -0.15) is 0 Å². The molecule has 0 unspecified atom stereocenters. The summed E-state index contributed by atoms with van der Waals surface area (Å²) in [4.78, 5) is 16.2. The van der Waals surface area contributed by atoms with Crippen LogP contribution in [0, 0.1) is 0 Å². The molecule has 88 valence electrons. The van der Waals surface area contributed by atoms with E-state index in [1.54, 1.807) is 0 Å². The summed E-state index contributed by atoms with van der Waals surface area (Å²) in [6, 6.07) is 2.00. The Balaban J connectivity index is 0.00000120. The number of anilines is 1. The molecule has 2 aromatic heterocycles. The van der Waals surface area contributed by atoms with Gasteiger partial charge in [-0.1, -0.05) is 0 Å². The number of nitrogens with zero attached hydrogens (tertiary/aromatic N) is 1. The van der Waals surface area contributed by atoms with E-state index in [-0.39, 0.29) is 56.3 Å². The first-order valence-electron chi connectivity index (χ1n) is 5.59. The maximum Gasteiger partial charge on any atom is 1.00 e. The van der Waals surface area contributed by atoms with Gasteiger partial charge in [-0.3, -0.25) is 0 Å². The maximum atomic E-state index is 10.9. The molecule has 0 aliphatic heterocycles. The monoisotopic (exact) mass is 286 g/mol. The zero-order valence-corrected chi connectivity index (χ0v) is 14.1. The van der Waals surface area contributed by atoms with Gasteiger partial charge in [-0.15, -0.1) is 11.3 Å². The fourth-order valence-corrected chi connectivity index (χ4v) is 3.24. The second-order valence-corrected chi connectivity index (χ2v) is 5.29. The summed E-state index contributed by atoms with van der Waals surface area (Å²) in [5.41, 5.74) is 8.42. The number of hydrogen-bond acceptors (Lipinski definition) is 5. The van der Waals surface area contributed by atoms with E-state index in [9.17, 15) is 9.90 Å². The standard InChI is InChI=1S/C12H12N2O2S.K/c13-9-7-5-6-3-1-2-4-8(6)14-11(7)17-10(9)12(15)16;/h5H,1-4,13H2,(H,15,16);/q;+1/p-1. The van der Waals surface area contributed by atoms with Crippen molar-refractivity contribution < 1.29 is 61.3 Å². The number of rotatable bonds is 1. The van der Waals surface area contributed by atoms with Crippen LogP contribution in [0.15, 0.2) is 6.07 Å². The maximum absolute atomic E-state index is 10.9. The summed E-state index contributed by atoms with van der Waals surface area (Å²) < 4.78 is 0. The Morgan fingerprint density at radius 3 is 2.83 bits per heavy atom. The number of nitrogen functional groups attached to an aromatic ring is 1. The molecule has 0 amide bonds. The minimum atomic E-state index is -1.22. The third-order valence-corrected chi connectivity index (χ3v) is 4.28. The average molecular weight is 286 g/mol. The predicted octanol–water partition coefficient (Wildman–Crippen LogP) is -1.88. The predicted molar refractivity (Wildman–Crippen MR) is 65.0 cm³/mol. The Bertz CT molecular complexity index is 624. The van der Waals surface area contributed by atoms with E-state index in [1.807, 2.05) is 6.07 Å². The van der Waals surface area contributed by atoms with Crippen LogP contribution in [0.1, 0.15) is 33.8 Å². The van der Waals surface area contributed by atoms with Crippen LogP contribution in [-0.2, 0) is 12.8 Å². The van der Waals surface area contributed by atoms with Gasteiger partial charge in [0.2, 0.25) is 0 Å². The van der Waals surface area contributed by atoms with Crippen molar-refractivity contribution in [3.05, 3.63) is 22.2 Å². The summed E-state index contributed by atoms with van der Waals surface area (Å²) in [7, 11) is 0. The first-order chi connectivity index (χ1) is 8.16. The number of carbonyl (C=O) groups excluding carboxylic acids is 1. The van der Waals surface area contributed by atoms with E-state index in [0.29, 0.717) is 10.5 Å². The number of thiophene rings is 1. The molecule has 0 bridgehead atoms. The molecular formula is C12H11KN2O2S. The van der Waals surface area contributed by atoms with Crippen LogP contribution in [0.2, 0.25) is 0 Å². The zero-order valence-electron chi connectivity index (χ0n) is 10.2. The molecule has 0 spiro atoms. The van der Waals surface area contributed by atoms with Gasteiger partial charge in [0.05, 0.1) is 16.5 Å². The smallest absolute Gasteiger partial charge is 0.544 e. The van der Waals surface area contributed by atoms with Crippen LogP contribution >= 0.6 is 11.3 Å². The van der Waals surface area contributed by atoms with E-state index in [1.165, 1.54) is 5.56 Å². The summed E-state index contributed by atoms with van der Waals surface area (Å²) >= 11 is 1.11. The topological polar surface area (TPSA) is 79.0 Å². The zero-order chi connectivity index (χ0) is 12.0. The quantitative estimate of drug-likeness (QED) is 0.623. The van der Waals surface area contributed by atoms with Crippen molar-refractivity contribution in [2.45, 2.75) is 25.7 Å². The molecule has 1 aliphatic rings. The summed E-state index contributed by atoms with van der Waals surface area (Å²) in [6.45, 7) is 0. The number of carboxylic acids is 1. The van der Waals surface area contributed by atoms with Crippen molar-refractivity contribution in [2.75, 3.05) is 5.73 Å². The molecule has 4 nitrogen and oxygen atoms in total. The van der Waals surface area contributed by atoms with E-state index >= 15 is 0 Å². The van der Waals surface area contributed by atoms with Gasteiger partial charge in [-0.25, -0.2) is 4.98 Å². The second-order valence-electron chi connectivity index (χ2n) is 4.29. The molecule has 0 aromatic carbocycles. The molecule has 0 fully saturated rings. The average Bonchev–Trinajstić information content (AvgIpc) is 2.64. The van der Waals surface area contributed by atoms with Gasteiger partial charge in [-0.05, 0) is 37.3 Å². The molecule has 2 heterocycles. The van der Waals surface area contributed by atoms with Crippen LogP contribution in [0.5, 0.6) is 0 Å². The number of aromatic carboxylic acids is 1. The van der Waals surface area contributed by atoms with E-state index < -0.39 is 5.97 Å². The second kappa shape index (κ2) is 5.56. The normalized spacial score (nSPS) is 14.0. The largest absolute Gasteiger partial charge is 1.00 e. The summed E-state index contributed by atoms with van der Waals surface area (Å²) in [5.74, 6) is -1.22. The molecule has 18 heavy (non-hydrogen) atoms. The van der Waals surface area contributed by atoms with Gasteiger partial charge >= 0.3 is 51.4 Å². The van der Waals surface area contributed by atoms with Crippen LogP contribution in [0.25, 0.3) is 10.2 Å². The van der Waals surface area contributed by atoms with Crippen molar-refractivity contribution in [1.82, 2.24) is 4.98 Å². The number of pyridine rings is 1. The summed E-state index contributed by atoms with van der Waals surface area (Å²) in [6.07, 6.45) is 4.30. The number of nitrogens with two attached hydrogens (primary N) is 1. The molecule has 6 heteroatoms. The minimum Gasteiger partial charge on any atom is -0.544 e. The van der Waals surface area contributed by atoms with Crippen LogP contribution < -0.4 is 62.2 Å². The fourth-order valence-electron chi connectivity index (χ4n) is 2.31. The number of carboxylic acid groups (broad SMARTS) is 1. The van der Waals surface area contributed by atoms with Gasteiger partial charge in [0, 0.05) is 11.1 Å². The van der Waals surface area contributed by atoms with E-state index in [4.69, 9.17) is 5.73 Å². The Hall–Kier alpha value is 0.0164. The van der Waals surface area contributed by atoms with Crippen LogP contribution in [0.3, 0.4) is 0 Å². The fraction of sp³-hybridized carbons (Fsp3) is 0.333. The first kappa shape index (κ1) is 14.4. The van der Waals surface area contributed by atoms with Gasteiger partial charge in [0.15, 0.2) is 0 Å². The molecule has 2 N–H and O–H groups in total. The molecule has 1 aliphatic carbocycles. The van der Waals surface area contributed by atoms with Crippen molar-refractivity contribution in [2.24, 2.45) is 0 Å². The number of aromatic nitrogens is 1. The van der Waals surface area contributed by atoms with E-state index in [2.05, 4.69) is 4.98 Å². The van der Waals surface area contributed by atoms with Crippen molar-refractivity contribution in [3.63, 3.8) is 0 Å². The third-order valence-electron chi connectivity index (χ3n) is 3.18. The number of fused-ring (bicyclic) bond motifs is 2. The van der Waals surface area contributed by atoms with Crippen molar-refractivity contribution in [3.8, 4) is 0 Å². The molecule has 0 atom stereocenters. The Morgan fingerprint density at radius 2 is 2.11 bits per heavy atom. The van der Waals surface area contributed by atoms with Gasteiger partial charge in [0.1, 0.15) is 4.83 Å². The van der Waals surface area contributed by atoms with Crippen molar-refractivity contribution in [1.29, 1.82) is 0 Å². The molecule has 0 saturated heterocycles. The van der Waals surface area contributed by atoms with E-state index in [0.717, 1.165) is 48.1 Å². The van der Waals surface area contributed by atoms with Crippen molar-refractivity contribution >= 4 is 33.2 Å². The molecule has 3 rings (SSSR count). The van der Waals surface area contributed by atoms with Crippen LogP contribution in [0.4, 0.5) is 5.69 Å². The molecule has 0 radical (unpaired) electrons. The molecular weight excluding hydrogens is 275 g/mol. The number of hydrogen-bond donors (Lipinski definition) is 1. The molecule has 0 saturated carbocycles. The minimum absolute atomic E-state index is 0. The van der Waals surface area contributed by atoms with Crippen LogP contribution in [-0.4, -0.2) is 11.0 Å². The van der Waals surface area contributed by atoms with Gasteiger partial charge in [0.25, 0.3) is 0 Å².